The molecular weight excluding hydrogens is 296 g/mol. The monoisotopic (exact) mass is 310 g/mol. The van der Waals surface area contributed by atoms with Gasteiger partial charge in [-0.2, -0.15) is 0 Å². The molecule has 3 rings (SSSR count). The van der Waals surface area contributed by atoms with Crippen LogP contribution in [-0.2, 0) is 0 Å². The van der Waals surface area contributed by atoms with Gasteiger partial charge in [0.2, 0.25) is 0 Å². The average Bonchev–Trinajstić information content (AvgIpc) is 2.52. The summed E-state index contributed by atoms with van der Waals surface area (Å²) < 4.78 is 0. The highest BCUT2D eigenvalue weighted by molar-refractivity contribution is 6.29. The van der Waals surface area contributed by atoms with Gasteiger partial charge in [0, 0.05) is 29.7 Å². The molecule has 0 radical (unpaired) electrons. The number of aryl methyl sites for hydroxylation is 1. The average molecular weight is 311 g/mol. The van der Waals surface area contributed by atoms with Crippen molar-refractivity contribution in [3.05, 3.63) is 65.1 Å². The van der Waals surface area contributed by atoms with Crippen molar-refractivity contribution in [3.8, 4) is 11.4 Å². The number of hydrogen-bond donors (Lipinski definition) is 1. The number of halogens is 1. The van der Waals surface area contributed by atoms with Crippen LogP contribution < -0.4 is 5.32 Å². The Balaban J connectivity index is 1.98. The van der Waals surface area contributed by atoms with Crippen LogP contribution in [0.1, 0.15) is 11.1 Å². The van der Waals surface area contributed by atoms with Crippen LogP contribution in [0.15, 0.2) is 48.8 Å². The molecule has 0 unspecified atom stereocenters. The number of hydrogen-bond acceptors (Lipinski definition) is 4. The topological polar surface area (TPSA) is 50.7 Å². The molecule has 0 fully saturated rings. The van der Waals surface area contributed by atoms with Gasteiger partial charge in [-0.1, -0.05) is 23.7 Å². The number of pyridine rings is 1. The summed E-state index contributed by atoms with van der Waals surface area (Å²) in [5.74, 6) is 1.21. The van der Waals surface area contributed by atoms with Crippen molar-refractivity contribution in [3.63, 3.8) is 0 Å². The fourth-order valence-corrected chi connectivity index (χ4v) is 2.31. The van der Waals surface area contributed by atoms with Gasteiger partial charge in [-0.05, 0) is 43.2 Å². The van der Waals surface area contributed by atoms with Crippen LogP contribution in [0, 0.1) is 13.8 Å². The predicted molar refractivity (Wildman–Crippen MR) is 89.5 cm³/mol. The number of benzene rings is 1. The summed E-state index contributed by atoms with van der Waals surface area (Å²) in [6.45, 7) is 4.15. The molecule has 0 aliphatic carbocycles. The van der Waals surface area contributed by atoms with Crippen molar-refractivity contribution in [2.45, 2.75) is 13.8 Å². The molecule has 22 heavy (non-hydrogen) atoms. The van der Waals surface area contributed by atoms with E-state index in [1.165, 1.54) is 11.1 Å². The molecular formula is C17H15ClN4. The van der Waals surface area contributed by atoms with Crippen LogP contribution in [-0.4, -0.2) is 15.0 Å². The molecule has 2 heterocycles. The molecule has 0 aliphatic rings. The van der Waals surface area contributed by atoms with Gasteiger partial charge >= 0.3 is 0 Å². The highest BCUT2D eigenvalue weighted by atomic mass is 35.5. The molecule has 0 spiro atoms. The van der Waals surface area contributed by atoms with Gasteiger partial charge in [-0.15, -0.1) is 0 Å². The molecule has 0 atom stereocenters. The lowest BCUT2D eigenvalue weighted by Gasteiger charge is -2.12. The van der Waals surface area contributed by atoms with Gasteiger partial charge in [-0.25, -0.2) is 9.97 Å². The predicted octanol–water partition coefficient (Wildman–Crippen LogP) is 4.55. The maximum absolute atomic E-state index is 6.13. The van der Waals surface area contributed by atoms with E-state index >= 15 is 0 Å². The van der Waals surface area contributed by atoms with Crippen LogP contribution in [0.5, 0.6) is 0 Å². The molecule has 0 aliphatic heterocycles. The van der Waals surface area contributed by atoms with Gasteiger partial charge in [0.25, 0.3) is 0 Å². The Labute approximate surface area is 134 Å². The van der Waals surface area contributed by atoms with E-state index in [1.54, 1.807) is 18.5 Å². The molecule has 1 N–H and O–H groups in total. The first-order valence-electron chi connectivity index (χ1n) is 6.92. The molecule has 0 saturated heterocycles. The fraction of sp³-hybridized carbons (Fsp3) is 0.118. The summed E-state index contributed by atoms with van der Waals surface area (Å²) in [7, 11) is 0. The molecule has 0 amide bonds. The zero-order valence-corrected chi connectivity index (χ0v) is 13.1. The van der Waals surface area contributed by atoms with Crippen LogP contribution >= 0.6 is 11.6 Å². The van der Waals surface area contributed by atoms with E-state index in [0.29, 0.717) is 16.8 Å². The van der Waals surface area contributed by atoms with Gasteiger partial charge in [0.1, 0.15) is 11.0 Å². The molecule has 5 heteroatoms. The molecule has 1 aromatic carbocycles. The maximum atomic E-state index is 6.13. The van der Waals surface area contributed by atoms with Gasteiger partial charge in [0.05, 0.1) is 0 Å². The standard InChI is InChI=1S/C17H15ClN4/c1-11-5-3-7-14(12(11)2)20-16-9-15(18)21-17(22-16)13-6-4-8-19-10-13/h3-10H,1-2H3,(H,20,21,22). The Hall–Kier alpha value is -2.46. The number of anilines is 2. The zero-order valence-electron chi connectivity index (χ0n) is 12.3. The van der Waals surface area contributed by atoms with E-state index in [1.807, 2.05) is 24.3 Å². The van der Waals surface area contributed by atoms with E-state index in [-0.39, 0.29) is 0 Å². The SMILES string of the molecule is Cc1cccc(Nc2cc(Cl)nc(-c3cccnc3)n2)c1C. The van der Waals surface area contributed by atoms with Crippen molar-refractivity contribution in [1.29, 1.82) is 0 Å². The van der Waals surface area contributed by atoms with Gasteiger partial charge in [-0.3, -0.25) is 4.98 Å². The summed E-state index contributed by atoms with van der Waals surface area (Å²) in [5.41, 5.74) is 4.23. The molecule has 0 bridgehead atoms. The Morgan fingerprint density at radius 1 is 1.05 bits per heavy atom. The minimum Gasteiger partial charge on any atom is -0.340 e. The van der Waals surface area contributed by atoms with Crippen molar-refractivity contribution in [2.75, 3.05) is 5.32 Å². The number of nitrogens with one attached hydrogen (secondary N) is 1. The first-order valence-corrected chi connectivity index (χ1v) is 7.29. The second-order valence-corrected chi connectivity index (χ2v) is 5.40. The molecule has 3 aromatic rings. The molecule has 2 aromatic heterocycles. The normalized spacial score (nSPS) is 10.5. The molecule has 4 nitrogen and oxygen atoms in total. The lowest BCUT2D eigenvalue weighted by atomic mass is 10.1. The van der Waals surface area contributed by atoms with Crippen LogP contribution in [0.25, 0.3) is 11.4 Å². The highest BCUT2D eigenvalue weighted by Gasteiger charge is 2.08. The maximum Gasteiger partial charge on any atom is 0.164 e. The van der Waals surface area contributed by atoms with E-state index < -0.39 is 0 Å². The van der Waals surface area contributed by atoms with Crippen molar-refractivity contribution < 1.29 is 0 Å². The number of aromatic nitrogens is 3. The quantitative estimate of drug-likeness (QED) is 0.721. The third-order valence-corrected chi connectivity index (χ3v) is 3.68. The Morgan fingerprint density at radius 2 is 1.91 bits per heavy atom. The minimum absolute atomic E-state index is 0.390. The molecule has 110 valence electrons. The fourth-order valence-electron chi connectivity index (χ4n) is 2.13. The number of rotatable bonds is 3. The highest BCUT2D eigenvalue weighted by Crippen LogP contribution is 2.25. The lowest BCUT2D eigenvalue weighted by molar-refractivity contribution is 1.16. The summed E-state index contributed by atoms with van der Waals surface area (Å²) in [4.78, 5) is 12.9. The van der Waals surface area contributed by atoms with Crippen LogP contribution in [0.3, 0.4) is 0 Å². The lowest BCUT2D eigenvalue weighted by Crippen LogP contribution is -2.00. The van der Waals surface area contributed by atoms with E-state index in [0.717, 1.165) is 11.3 Å². The first kappa shape index (κ1) is 14.5. The Kier molecular flexibility index (Phi) is 4.02. The van der Waals surface area contributed by atoms with E-state index in [2.05, 4.69) is 40.2 Å². The largest absolute Gasteiger partial charge is 0.340 e. The third kappa shape index (κ3) is 3.07. The van der Waals surface area contributed by atoms with E-state index in [9.17, 15) is 0 Å². The first-order chi connectivity index (χ1) is 10.6. The zero-order chi connectivity index (χ0) is 15.5. The number of nitrogens with zero attached hydrogens (tertiary/aromatic N) is 3. The van der Waals surface area contributed by atoms with E-state index in [4.69, 9.17) is 11.6 Å². The van der Waals surface area contributed by atoms with Gasteiger partial charge < -0.3 is 5.32 Å². The summed E-state index contributed by atoms with van der Waals surface area (Å²) in [6, 6.07) is 11.6. The van der Waals surface area contributed by atoms with Crippen molar-refractivity contribution >= 4 is 23.1 Å². The second kappa shape index (κ2) is 6.12. The smallest absolute Gasteiger partial charge is 0.164 e. The Bertz CT molecular complexity index is 803. The van der Waals surface area contributed by atoms with Crippen LogP contribution in [0.2, 0.25) is 5.15 Å². The summed E-state index contributed by atoms with van der Waals surface area (Å²) >= 11 is 6.13. The van der Waals surface area contributed by atoms with Crippen molar-refractivity contribution in [1.82, 2.24) is 15.0 Å². The summed E-state index contributed by atoms with van der Waals surface area (Å²) in [5, 5.41) is 3.70. The summed E-state index contributed by atoms with van der Waals surface area (Å²) in [6.07, 6.45) is 3.43. The third-order valence-electron chi connectivity index (χ3n) is 3.48. The van der Waals surface area contributed by atoms with Gasteiger partial charge in [0.15, 0.2) is 5.82 Å². The Morgan fingerprint density at radius 3 is 2.68 bits per heavy atom. The van der Waals surface area contributed by atoms with Crippen LogP contribution in [0.4, 0.5) is 11.5 Å². The van der Waals surface area contributed by atoms with Crippen molar-refractivity contribution in [2.24, 2.45) is 0 Å². The second-order valence-electron chi connectivity index (χ2n) is 5.01. The minimum atomic E-state index is 0.390. The molecule has 0 saturated carbocycles.